The molecule has 2 N–H and O–H groups in total. The topological polar surface area (TPSA) is 50.4 Å². The average molecular weight is 354 g/mol. The number of amides is 1. The van der Waals surface area contributed by atoms with E-state index in [0.717, 1.165) is 19.5 Å². The van der Waals surface area contributed by atoms with Gasteiger partial charge in [-0.05, 0) is 37.6 Å². The maximum Gasteiger partial charge on any atom is 0.258 e. The Labute approximate surface area is 140 Å². The number of hydrogen-bond acceptors (Lipinski definition) is 3. The fourth-order valence-corrected chi connectivity index (χ4v) is 2.48. The smallest absolute Gasteiger partial charge is 0.258 e. The zero-order chi connectivity index (χ0) is 14.5. The van der Waals surface area contributed by atoms with Gasteiger partial charge in [0, 0.05) is 12.1 Å². The highest BCUT2D eigenvalue weighted by atomic mass is 35.5. The first-order valence-electron chi connectivity index (χ1n) is 6.64. The van der Waals surface area contributed by atoms with Crippen molar-refractivity contribution in [3.63, 3.8) is 0 Å². The van der Waals surface area contributed by atoms with E-state index in [1.165, 1.54) is 0 Å². The lowest BCUT2D eigenvalue weighted by molar-refractivity contribution is -0.124. The maximum atomic E-state index is 11.9. The Morgan fingerprint density at radius 1 is 1.43 bits per heavy atom. The van der Waals surface area contributed by atoms with Crippen LogP contribution >= 0.6 is 35.6 Å². The first-order chi connectivity index (χ1) is 9.56. The summed E-state index contributed by atoms with van der Waals surface area (Å²) in [5.41, 5.74) is 0. The lowest BCUT2D eigenvalue weighted by atomic mass is 9.95. The van der Waals surface area contributed by atoms with Crippen LogP contribution in [0, 0.1) is 5.92 Å². The van der Waals surface area contributed by atoms with Crippen molar-refractivity contribution in [3.05, 3.63) is 28.2 Å². The molecule has 0 bridgehead atoms. The first-order valence-corrected chi connectivity index (χ1v) is 7.40. The van der Waals surface area contributed by atoms with Gasteiger partial charge in [-0.1, -0.05) is 30.1 Å². The minimum Gasteiger partial charge on any atom is -0.484 e. The molecule has 2 rings (SSSR count). The molecule has 2 atom stereocenters. The van der Waals surface area contributed by atoms with Crippen molar-refractivity contribution in [2.75, 3.05) is 19.7 Å². The highest BCUT2D eigenvalue weighted by Crippen LogP contribution is 2.26. The SMILES string of the molecule is CC1CNCCC1NC(=O)COc1ccc(Cl)c(Cl)c1.Cl. The minimum atomic E-state index is -0.116. The van der Waals surface area contributed by atoms with Crippen LogP contribution < -0.4 is 15.4 Å². The van der Waals surface area contributed by atoms with E-state index in [-0.39, 0.29) is 31.0 Å². The number of carbonyl (C=O) groups is 1. The molecule has 0 saturated carbocycles. The number of ether oxygens (including phenoxy) is 1. The average Bonchev–Trinajstić information content (AvgIpc) is 2.43. The molecule has 7 heteroatoms. The summed E-state index contributed by atoms with van der Waals surface area (Å²) >= 11 is 11.7. The van der Waals surface area contributed by atoms with Gasteiger partial charge in [-0.2, -0.15) is 0 Å². The lowest BCUT2D eigenvalue weighted by Gasteiger charge is -2.30. The standard InChI is InChI=1S/C14H18Cl2N2O2.ClH/c1-9-7-17-5-4-13(9)18-14(19)8-20-10-2-3-11(15)12(16)6-10;/h2-3,6,9,13,17H,4-5,7-8H2,1H3,(H,18,19);1H. The number of rotatable bonds is 4. The molecule has 1 aromatic carbocycles. The largest absolute Gasteiger partial charge is 0.484 e. The van der Waals surface area contributed by atoms with Crippen LogP contribution in [0.15, 0.2) is 18.2 Å². The van der Waals surface area contributed by atoms with Crippen molar-refractivity contribution >= 4 is 41.5 Å². The highest BCUT2D eigenvalue weighted by Gasteiger charge is 2.22. The summed E-state index contributed by atoms with van der Waals surface area (Å²) < 4.78 is 5.41. The molecule has 0 spiro atoms. The normalized spacial score (nSPS) is 21.3. The van der Waals surface area contributed by atoms with E-state index in [1.807, 2.05) is 0 Å². The number of piperidine rings is 1. The molecule has 0 aromatic heterocycles. The van der Waals surface area contributed by atoms with Crippen LogP contribution in [-0.4, -0.2) is 31.6 Å². The summed E-state index contributed by atoms with van der Waals surface area (Å²) in [4.78, 5) is 11.9. The van der Waals surface area contributed by atoms with Crippen LogP contribution in [0.1, 0.15) is 13.3 Å². The fourth-order valence-electron chi connectivity index (χ4n) is 2.19. The van der Waals surface area contributed by atoms with Crippen LogP contribution in [-0.2, 0) is 4.79 Å². The molecule has 1 aliphatic rings. The molecule has 1 fully saturated rings. The zero-order valence-corrected chi connectivity index (χ0v) is 14.0. The van der Waals surface area contributed by atoms with Crippen LogP contribution in [0.25, 0.3) is 0 Å². The van der Waals surface area contributed by atoms with Gasteiger partial charge >= 0.3 is 0 Å². The molecular weight excluding hydrogens is 335 g/mol. The molecular formula is C14H19Cl3N2O2. The van der Waals surface area contributed by atoms with E-state index in [2.05, 4.69) is 17.6 Å². The third kappa shape index (κ3) is 5.55. The van der Waals surface area contributed by atoms with Gasteiger partial charge in [-0.25, -0.2) is 0 Å². The molecule has 1 amide bonds. The molecule has 0 radical (unpaired) electrons. The summed E-state index contributed by atoms with van der Waals surface area (Å²) in [5.74, 6) is 0.848. The number of carbonyl (C=O) groups excluding carboxylic acids is 1. The van der Waals surface area contributed by atoms with Crippen LogP contribution in [0.3, 0.4) is 0 Å². The van der Waals surface area contributed by atoms with E-state index in [9.17, 15) is 4.79 Å². The Hall–Kier alpha value is -0.680. The Morgan fingerprint density at radius 3 is 2.86 bits per heavy atom. The third-order valence-electron chi connectivity index (χ3n) is 3.39. The van der Waals surface area contributed by atoms with Gasteiger partial charge in [0.25, 0.3) is 5.91 Å². The molecule has 1 heterocycles. The highest BCUT2D eigenvalue weighted by molar-refractivity contribution is 6.42. The van der Waals surface area contributed by atoms with Crippen molar-refractivity contribution < 1.29 is 9.53 Å². The van der Waals surface area contributed by atoms with Gasteiger partial charge < -0.3 is 15.4 Å². The summed E-state index contributed by atoms with van der Waals surface area (Å²) in [6.07, 6.45) is 0.944. The Balaban J connectivity index is 0.00000220. The lowest BCUT2D eigenvalue weighted by Crippen LogP contribution is -2.49. The monoisotopic (exact) mass is 352 g/mol. The van der Waals surface area contributed by atoms with Crippen LogP contribution in [0.2, 0.25) is 10.0 Å². The van der Waals surface area contributed by atoms with E-state index >= 15 is 0 Å². The number of hydrogen-bond donors (Lipinski definition) is 2. The van der Waals surface area contributed by atoms with Gasteiger partial charge in [-0.15, -0.1) is 12.4 Å². The van der Waals surface area contributed by atoms with Crippen LogP contribution in [0.4, 0.5) is 0 Å². The third-order valence-corrected chi connectivity index (χ3v) is 4.13. The van der Waals surface area contributed by atoms with Gasteiger partial charge in [0.05, 0.1) is 10.0 Å². The van der Waals surface area contributed by atoms with Gasteiger partial charge in [0.2, 0.25) is 0 Å². The van der Waals surface area contributed by atoms with E-state index in [0.29, 0.717) is 21.7 Å². The molecule has 0 aliphatic carbocycles. The van der Waals surface area contributed by atoms with E-state index in [4.69, 9.17) is 27.9 Å². The summed E-state index contributed by atoms with van der Waals surface area (Å²) in [7, 11) is 0. The predicted octanol–water partition coefficient (Wildman–Crippen LogP) is 2.91. The Bertz CT molecular complexity index is 485. The van der Waals surface area contributed by atoms with E-state index < -0.39 is 0 Å². The predicted molar refractivity (Wildman–Crippen MR) is 87.8 cm³/mol. The van der Waals surface area contributed by atoms with Gasteiger partial charge in [0.1, 0.15) is 5.75 Å². The van der Waals surface area contributed by atoms with Gasteiger partial charge in [-0.3, -0.25) is 4.79 Å². The molecule has 1 aliphatic heterocycles. The maximum absolute atomic E-state index is 11.9. The quantitative estimate of drug-likeness (QED) is 0.875. The summed E-state index contributed by atoms with van der Waals surface area (Å²) in [6, 6.07) is 5.14. The Kier molecular flexibility index (Phi) is 7.60. The zero-order valence-electron chi connectivity index (χ0n) is 11.7. The fraction of sp³-hybridized carbons (Fsp3) is 0.500. The molecule has 4 nitrogen and oxygen atoms in total. The minimum absolute atomic E-state index is 0. The van der Waals surface area contributed by atoms with Crippen LogP contribution in [0.5, 0.6) is 5.75 Å². The van der Waals surface area contributed by atoms with Crippen molar-refractivity contribution in [1.29, 1.82) is 0 Å². The van der Waals surface area contributed by atoms with Crippen molar-refractivity contribution in [2.45, 2.75) is 19.4 Å². The molecule has 21 heavy (non-hydrogen) atoms. The molecule has 1 aromatic rings. The summed E-state index contributed by atoms with van der Waals surface area (Å²) in [5, 5.41) is 7.18. The number of nitrogens with one attached hydrogen (secondary N) is 2. The van der Waals surface area contributed by atoms with E-state index in [1.54, 1.807) is 18.2 Å². The second-order valence-electron chi connectivity index (χ2n) is 5.01. The summed E-state index contributed by atoms with van der Waals surface area (Å²) in [6.45, 7) is 3.97. The number of benzene rings is 1. The molecule has 2 unspecified atom stereocenters. The molecule has 1 saturated heterocycles. The second-order valence-corrected chi connectivity index (χ2v) is 5.82. The second kappa shape index (κ2) is 8.69. The van der Waals surface area contributed by atoms with Gasteiger partial charge in [0.15, 0.2) is 6.61 Å². The van der Waals surface area contributed by atoms with Crippen molar-refractivity contribution in [2.24, 2.45) is 5.92 Å². The molecule has 118 valence electrons. The van der Waals surface area contributed by atoms with Crippen molar-refractivity contribution in [1.82, 2.24) is 10.6 Å². The number of halogens is 3. The Morgan fingerprint density at radius 2 is 2.19 bits per heavy atom. The van der Waals surface area contributed by atoms with Crippen molar-refractivity contribution in [3.8, 4) is 5.75 Å². The first kappa shape index (κ1) is 18.4.